The van der Waals surface area contributed by atoms with E-state index in [9.17, 15) is 0 Å². The lowest BCUT2D eigenvalue weighted by atomic mass is 10.4. The average molecular weight is 113 g/mol. The van der Waals surface area contributed by atoms with Crippen LogP contribution in [0.4, 0.5) is 0 Å². The highest BCUT2D eigenvalue weighted by Crippen LogP contribution is 1.92. The first-order valence-electron chi connectivity index (χ1n) is 3.16. The zero-order chi connectivity index (χ0) is 5.82. The molecule has 1 fully saturated rings. The fourth-order valence-electron chi connectivity index (χ4n) is 0.968. The second kappa shape index (κ2) is 3.05. The Balaban J connectivity index is 2.06. The molecule has 0 aliphatic carbocycles. The summed E-state index contributed by atoms with van der Waals surface area (Å²) < 4.78 is 0. The molecule has 0 unspecified atom stereocenters. The summed E-state index contributed by atoms with van der Waals surface area (Å²) in [7, 11) is 0. The van der Waals surface area contributed by atoms with E-state index in [4.69, 9.17) is 0 Å². The third-order valence-corrected chi connectivity index (χ3v) is 1.41. The van der Waals surface area contributed by atoms with Gasteiger partial charge in [-0.3, -0.25) is 4.90 Å². The van der Waals surface area contributed by atoms with Crippen LogP contribution in [0.3, 0.4) is 0 Å². The molecule has 1 heterocycles. The van der Waals surface area contributed by atoms with Crippen molar-refractivity contribution in [2.24, 2.45) is 0 Å². The van der Waals surface area contributed by atoms with Crippen LogP contribution in [-0.4, -0.2) is 31.2 Å². The number of hydrogen-bond acceptors (Lipinski definition) is 2. The minimum absolute atomic E-state index is 1.03. The molecule has 47 valence electrons. The van der Waals surface area contributed by atoms with Crippen LogP contribution in [-0.2, 0) is 0 Å². The average Bonchev–Trinajstić information content (AvgIpc) is 2.19. The highest BCUT2D eigenvalue weighted by atomic mass is 15.3. The van der Waals surface area contributed by atoms with E-state index in [-0.39, 0.29) is 0 Å². The Labute approximate surface area is 50.9 Å². The van der Waals surface area contributed by atoms with Gasteiger partial charge in [0.1, 0.15) is 0 Å². The van der Waals surface area contributed by atoms with Crippen molar-refractivity contribution in [3.8, 4) is 0 Å². The number of nitrogens with one attached hydrogen (secondary N) is 1. The lowest BCUT2D eigenvalue weighted by Crippen LogP contribution is -2.22. The van der Waals surface area contributed by atoms with E-state index in [1.165, 1.54) is 6.54 Å². The van der Waals surface area contributed by atoms with E-state index in [2.05, 4.69) is 17.1 Å². The minimum atomic E-state index is 1.03. The van der Waals surface area contributed by atoms with E-state index >= 15 is 0 Å². The number of hydrogen-bond donors (Lipinski definition) is 1. The maximum atomic E-state index is 3.78. The summed E-state index contributed by atoms with van der Waals surface area (Å²) in [6.45, 7) is 8.35. The van der Waals surface area contributed by atoms with Crippen molar-refractivity contribution >= 4 is 0 Å². The van der Waals surface area contributed by atoms with Crippen LogP contribution in [0.1, 0.15) is 6.42 Å². The fraction of sp³-hybridized carbons (Fsp3) is 0.833. The molecule has 8 heavy (non-hydrogen) atoms. The van der Waals surface area contributed by atoms with Gasteiger partial charge in [-0.2, -0.15) is 0 Å². The molecular formula is C6H13N2. The van der Waals surface area contributed by atoms with Gasteiger partial charge in [0.05, 0.1) is 0 Å². The van der Waals surface area contributed by atoms with E-state index in [0.717, 1.165) is 26.2 Å². The Bertz CT molecular complexity index is 57.5. The van der Waals surface area contributed by atoms with Crippen molar-refractivity contribution in [1.29, 1.82) is 0 Å². The van der Waals surface area contributed by atoms with E-state index in [1.54, 1.807) is 0 Å². The van der Waals surface area contributed by atoms with Gasteiger partial charge in [-0.05, 0) is 13.0 Å². The van der Waals surface area contributed by atoms with Gasteiger partial charge in [-0.1, -0.05) is 6.92 Å². The van der Waals surface area contributed by atoms with Gasteiger partial charge >= 0.3 is 0 Å². The Morgan fingerprint density at radius 2 is 2.50 bits per heavy atom. The van der Waals surface area contributed by atoms with Crippen LogP contribution in [0.5, 0.6) is 0 Å². The SMILES string of the molecule is [CH2]CCN1CCNC1. The Morgan fingerprint density at radius 3 is 3.00 bits per heavy atom. The summed E-state index contributed by atoms with van der Waals surface area (Å²) in [6.07, 6.45) is 1.03. The smallest absolute Gasteiger partial charge is 0.0481 e. The van der Waals surface area contributed by atoms with Gasteiger partial charge in [-0.25, -0.2) is 0 Å². The Hall–Kier alpha value is -0.0800. The normalized spacial score (nSPS) is 22.1. The summed E-state index contributed by atoms with van der Waals surface area (Å²) in [4.78, 5) is 2.37. The third-order valence-electron chi connectivity index (χ3n) is 1.41. The molecule has 1 aliphatic heterocycles. The molecule has 2 nitrogen and oxygen atoms in total. The molecular weight excluding hydrogens is 100 g/mol. The molecule has 0 bridgehead atoms. The second-order valence-corrected chi connectivity index (χ2v) is 2.13. The van der Waals surface area contributed by atoms with Crippen molar-refractivity contribution in [3.63, 3.8) is 0 Å². The monoisotopic (exact) mass is 113 g/mol. The van der Waals surface area contributed by atoms with Crippen molar-refractivity contribution < 1.29 is 0 Å². The molecule has 0 atom stereocenters. The lowest BCUT2D eigenvalue weighted by molar-refractivity contribution is 0.341. The highest BCUT2D eigenvalue weighted by molar-refractivity contribution is 4.65. The van der Waals surface area contributed by atoms with Crippen molar-refractivity contribution in [1.82, 2.24) is 10.2 Å². The predicted molar refractivity (Wildman–Crippen MR) is 34.4 cm³/mol. The quantitative estimate of drug-likeness (QED) is 0.545. The zero-order valence-electron chi connectivity index (χ0n) is 5.19. The molecule has 0 aromatic carbocycles. The van der Waals surface area contributed by atoms with Crippen LogP contribution in [0.2, 0.25) is 0 Å². The first kappa shape index (κ1) is 6.05. The van der Waals surface area contributed by atoms with Crippen molar-refractivity contribution in [3.05, 3.63) is 6.92 Å². The summed E-state index contributed by atoms with van der Waals surface area (Å²) in [5, 5.41) is 3.26. The Kier molecular flexibility index (Phi) is 2.30. The van der Waals surface area contributed by atoms with Gasteiger partial charge < -0.3 is 5.32 Å². The molecule has 1 N–H and O–H groups in total. The molecule has 0 amide bonds. The largest absolute Gasteiger partial charge is 0.303 e. The maximum Gasteiger partial charge on any atom is 0.0481 e. The second-order valence-electron chi connectivity index (χ2n) is 2.13. The minimum Gasteiger partial charge on any atom is -0.303 e. The lowest BCUT2D eigenvalue weighted by Gasteiger charge is -2.10. The van der Waals surface area contributed by atoms with Crippen molar-refractivity contribution in [2.75, 3.05) is 26.3 Å². The molecule has 1 saturated heterocycles. The number of nitrogens with zero attached hydrogens (tertiary/aromatic N) is 1. The maximum absolute atomic E-state index is 3.78. The molecule has 0 aromatic heterocycles. The standard InChI is InChI=1S/C6H13N2/c1-2-4-8-5-3-7-6-8/h7H,1-6H2. The van der Waals surface area contributed by atoms with Crippen LogP contribution < -0.4 is 5.32 Å². The summed E-state index contributed by atoms with van der Waals surface area (Å²) >= 11 is 0. The van der Waals surface area contributed by atoms with Gasteiger partial charge in [0.2, 0.25) is 0 Å². The van der Waals surface area contributed by atoms with Crippen LogP contribution in [0, 0.1) is 6.92 Å². The van der Waals surface area contributed by atoms with E-state index in [1.807, 2.05) is 0 Å². The van der Waals surface area contributed by atoms with Gasteiger partial charge in [-0.15, -0.1) is 0 Å². The first-order valence-corrected chi connectivity index (χ1v) is 3.16. The summed E-state index contributed by atoms with van der Waals surface area (Å²) in [5.74, 6) is 0. The van der Waals surface area contributed by atoms with Gasteiger partial charge in [0.25, 0.3) is 0 Å². The topological polar surface area (TPSA) is 15.3 Å². The Morgan fingerprint density at radius 1 is 1.62 bits per heavy atom. The van der Waals surface area contributed by atoms with E-state index < -0.39 is 0 Å². The van der Waals surface area contributed by atoms with Gasteiger partial charge in [0.15, 0.2) is 0 Å². The molecule has 2 heteroatoms. The molecule has 0 spiro atoms. The fourth-order valence-corrected chi connectivity index (χ4v) is 0.968. The molecule has 0 saturated carbocycles. The molecule has 0 aromatic rings. The molecule has 1 radical (unpaired) electrons. The van der Waals surface area contributed by atoms with Crippen molar-refractivity contribution in [2.45, 2.75) is 6.42 Å². The molecule has 1 rings (SSSR count). The summed E-state index contributed by atoms with van der Waals surface area (Å²) in [6, 6.07) is 0. The summed E-state index contributed by atoms with van der Waals surface area (Å²) in [5.41, 5.74) is 0. The van der Waals surface area contributed by atoms with E-state index in [0.29, 0.717) is 0 Å². The van der Waals surface area contributed by atoms with Crippen LogP contribution in [0.25, 0.3) is 0 Å². The highest BCUT2D eigenvalue weighted by Gasteiger charge is 2.07. The number of rotatable bonds is 2. The zero-order valence-corrected chi connectivity index (χ0v) is 5.19. The van der Waals surface area contributed by atoms with Crippen LogP contribution >= 0.6 is 0 Å². The predicted octanol–water partition coefficient (Wildman–Crippen LogP) is 0.0733. The molecule has 1 aliphatic rings. The first-order chi connectivity index (χ1) is 3.93. The van der Waals surface area contributed by atoms with Gasteiger partial charge in [0, 0.05) is 19.8 Å². The van der Waals surface area contributed by atoms with Crippen LogP contribution in [0.15, 0.2) is 0 Å². The third kappa shape index (κ3) is 1.46.